The second-order valence-corrected chi connectivity index (χ2v) is 6.40. The number of hydrogen-bond donors (Lipinski definition) is 2. The van der Waals surface area contributed by atoms with Gasteiger partial charge >= 0.3 is 5.97 Å². The number of carbonyl (C=O) groups excluding carboxylic acids is 2. The number of nitrogens with zero attached hydrogens (tertiary/aromatic N) is 1. The molecule has 1 aliphatic heterocycles. The van der Waals surface area contributed by atoms with Crippen LogP contribution in [0, 0.1) is 5.92 Å². The lowest BCUT2D eigenvalue weighted by molar-refractivity contribution is -0.128. The number of anilines is 1. The Morgan fingerprint density at radius 1 is 1.22 bits per heavy atom. The number of nitrogens with one attached hydrogen (secondary N) is 1. The fraction of sp³-hybridized carbons (Fsp3) is 0.250. The van der Waals surface area contributed by atoms with Crippen LogP contribution in [-0.4, -0.2) is 41.4 Å². The monoisotopic (exact) mass is 368 g/mol. The van der Waals surface area contributed by atoms with Crippen LogP contribution in [0.3, 0.4) is 0 Å². The standard InChI is InChI=1S/C20H20N2O5/c1-27-17-7-5-13(6-8-17)11-22-12-15(10-18(22)23)19(24)21-16-4-2-3-14(9-16)20(25)26/h2-9,15H,10-12H2,1H3,(H,21,24)(H,25,26). The number of carbonyl (C=O) groups is 3. The van der Waals surface area contributed by atoms with E-state index in [1.165, 1.54) is 12.1 Å². The van der Waals surface area contributed by atoms with E-state index in [0.29, 0.717) is 18.8 Å². The van der Waals surface area contributed by atoms with E-state index in [4.69, 9.17) is 9.84 Å². The summed E-state index contributed by atoms with van der Waals surface area (Å²) in [5, 5.41) is 11.7. The average molecular weight is 368 g/mol. The first-order chi connectivity index (χ1) is 13.0. The van der Waals surface area contributed by atoms with E-state index < -0.39 is 11.9 Å². The molecular formula is C20H20N2O5. The molecule has 2 aromatic carbocycles. The number of methoxy groups -OCH3 is 1. The minimum absolute atomic E-state index is 0.0785. The first kappa shape index (κ1) is 18.4. The topological polar surface area (TPSA) is 95.9 Å². The lowest BCUT2D eigenvalue weighted by Gasteiger charge is -2.17. The molecule has 1 heterocycles. The maximum atomic E-state index is 12.5. The lowest BCUT2D eigenvalue weighted by atomic mass is 10.1. The number of ether oxygens (including phenoxy) is 1. The minimum Gasteiger partial charge on any atom is -0.497 e. The zero-order valence-electron chi connectivity index (χ0n) is 14.8. The van der Waals surface area contributed by atoms with Crippen LogP contribution in [0.1, 0.15) is 22.3 Å². The van der Waals surface area contributed by atoms with Gasteiger partial charge in [-0.3, -0.25) is 9.59 Å². The molecule has 27 heavy (non-hydrogen) atoms. The Balaban J connectivity index is 1.61. The Morgan fingerprint density at radius 2 is 1.96 bits per heavy atom. The SMILES string of the molecule is COc1ccc(CN2CC(C(=O)Nc3cccc(C(=O)O)c3)CC2=O)cc1. The van der Waals surface area contributed by atoms with Crippen LogP contribution in [0.5, 0.6) is 5.75 Å². The summed E-state index contributed by atoms with van der Waals surface area (Å²) in [5.41, 5.74) is 1.46. The number of amides is 2. The molecule has 1 atom stereocenters. The van der Waals surface area contributed by atoms with Crippen molar-refractivity contribution in [2.45, 2.75) is 13.0 Å². The summed E-state index contributed by atoms with van der Waals surface area (Å²) in [5.74, 6) is -1.15. The van der Waals surface area contributed by atoms with Crippen LogP contribution in [0.2, 0.25) is 0 Å². The molecule has 0 bridgehead atoms. The quantitative estimate of drug-likeness (QED) is 0.816. The van der Waals surface area contributed by atoms with Gasteiger partial charge in [-0.25, -0.2) is 4.79 Å². The van der Waals surface area contributed by atoms with Crippen molar-refractivity contribution in [2.24, 2.45) is 5.92 Å². The molecule has 1 saturated heterocycles. The summed E-state index contributed by atoms with van der Waals surface area (Å²) in [7, 11) is 1.59. The van der Waals surface area contributed by atoms with Gasteiger partial charge in [0.25, 0.3) is 0 Å². The van der Waals surface area contributed by atoms with Gasteiger partial charge in [-0.05, 0) is 35.9 Å². The van der Waals surface area contributed by atoms with Gasteiger partial charge in [0, 0.05) is 25.2 Å². The van der Waals surface area contributed by atoms with Gasteiger partial charge in [0.2, 0.25) is 11.8 Å². The summed E-state index contributed by atoms with van der Waals surface area (Å²) in [6.07, 6.45) is 0.139. The molecule has 1 fully saturated rings. The van der Waals surface area contributed by atoms with Crippen molar-refractivity contribution >= 4 is 23.5 Å². The molecule has 0 saturated carbocycles. The van der Waals surface area contributed by atoms with Crippen molar-refractivity contribution in [2.75, 3.05) is 19.0 Å². The minimum atomic E-state index is -1.06. The second-order valence-electron chi connectivity index (χ2n) is 6.40. The third-order valence-electron chi connectivity index (χ3n) is 4.49. The lowest BCUT2D eigenvalue weighted by Crippen LogP contribution is -2.28. The summed E-state index contributed by atoms with van der Waals surface area (Å²) in [6.45, 7) is 0.760. The van der Waals surface area contributed by atoms with Crippen molar-refractivity contribution in [1.82, 2.24) is 4.90 Å². The highest BCUT2D eigenvalue weighted by Gasteiger charge is 2.34. The van der Waals surface area contributed by atoms with Gasteiger partial charge in [-0.2, -0.15) is 0 Å². The van der Waals surface area contributed by atoms with Crippen molar-refractivity contribution in [3.8, 4) is 5.75 Å². The molecule has 2 aromatic rings. The van der Waals surface area contributed by atoms with E-state index >= 15 is 0 Å². The number of benzene rings is 2. The predicted octanol–water partition coefficient (Wildman–Crippen LogP) is 2.38. The molecule has 2 amide bonds. The molecule has 7 heteroatoms. The Labute approximate surface area is 156 Å². The zero-order valence-corrected chi connectivity index (χ0v) is 14.8. The first-order valence-corrected chi connectivity index (χ1v) is 8.51. The van der Waals surface area contributed by atoms with Gasteiger partial charge < -0.3 is 20.1 Å². The molecule has 3 rings (SSSR count). The highest BCUT2D eigenvalue weighted by atomic mass is 16.5. The van der Waals surface area contributed by atoms with Crippen LogP contribution in [0.25, 0.3) is 0 Å². The van der Waals surface area contributed by atoms with Gasteiger partial charge in [-0.1, -0.05) is 18.2 Å². The molecule has 2 N–H and O–H groups in total. The summed E-state index contributed by atoms with van der Waals surface area (Å²) >= 11 is 0. The largest absolute Gasteiger partial charge is 0.497 e. The molecule has 7 nitrogen and oxygen atoms in total. The maximum absolute atomic E-state index is 12.5. The van der Waals surface area contributed by atoms with E-state index in [9.17, 15) is 14.4 Å². The first-order valence-electron chi connectivity index (χ1n) is 8.51. The van der Waals surface area contributed by atoms with Crippen molar-refractivity contribution < 1.29 is 24.2 Å². The molecule has 0 aliphatic carbocycles. The zero-order chi connectivity index (χ0) is 19.4. The van der Waals surface area contributed by atoms with Gasteiger partial charge in [-0.15, -0.1) is 0 Å². The number of carboxylic acid groups (broad SMARTS) is 1. The van der Waals surface area contributed by atoms with E-state index in [2.05, 4.69) is 5.32 Å². The Bertz CT molecular complexity index is 863. The van der Waals surface area contributed by atoms with Crippen LogP contribution in [0.4, 0.5) is 5.69 Å². The maximum Gasteiger partial charge on any atom is 0.335 e. The van der Waals surface area contributed by atoms with E-state index in [1.54, 1.807) is 24.1 Å². The highest BCUT2D eigenvalue weighted by Crippen LogP contribution is 2.23. The van der Waals surface area contributed by atoms with Crippen LogP contribution in [0.15, 0.2) is 48.5 Å². The predicted molar refractivity (Wildman–Crippen MR) is 98.5 cm³/mol. The van der Waals surface area contributed by atoms with Crippen molar-refractivity contribution in [3.63, 3.8) is 0 Å². The number of aromatic carboxylic acids is 1. The van der Waals surface area contributed by atoms with Crippen LogP contribution in [-0.2, 0) is 16.1 Å². The Hall–Kier alpha value is -3.35. The molecule has 0 radical (unpaired) electrons. The Kier molecular flexibility index (Phi) is 5.40. The fourth-order valence-corrected chi connectivity index (χ4v) is 3.03. The number of rotatable bonds is 6. The van der Waals surface area contributed by atoms with Gasteiger partial charge in [0.15, 0.2) is 0 Å². The fourth-order valence-electron chi connectivity index (χ4n) is 3.03. The van der Waals surface area contributed by atoms with Crippen LogP contribution < -0.4 is 10.1 Å². The molecule has 0 aromatic heterocycles. The normalized spacial score (nSPS) is 16.3. The smallest absolute Gasteiger partial charge is 0.335 e. The van der Waals surface area contributed by atoms with Crippen molar-refractivity contribution in [1.29, 1.82) is 0 Å². The molecular weight excluding hydrogens is 348 g/mol. The molecule has 1 aliphatic rings. The summed E-state index contributed by atoms with van der Waals surface area (Å²) < 4.78 is 5.12. The summed E-state index contributed by atoms with van der Waals surface area (Å²) in [4.78, 5) is 37.4. The number of hydrogen-bond acceptors (Lipinski definition) is 4. The molecule has 140 valence electrons. The van der Waals surface area contributed by atoms with Gasteiger partial charge in [0.05, 0.1) is 18.6 Å². The third-order valence-corrected chi connectivity index (χ3v) is 4.49. The summed E-state index contributed by atoms with van der Waals surface area (Å²) in [6, 6.07) is 13.5. The molecule has 0 spiro atoms. The van der Waals surface area contributed by atoms with Crippen LogP contribution >= 0.6 is 0 Å². The average Bonchev–Trinajstić information content (AvgIpc) is 3.03. The van der Waals surface area contributed by atoms with E-state index in [1.807, 2.05) is 24.3 Å². The Morgan fingerprint density at radius 3 is 2.63 bits per heavy atom. The number of likely N-dealkylation sites (tertiary alicyclic amines) is 1. The van der Waals surface area contributed by atoms with Crippen molar-refractivity contribution in [3.05, 3.63) is 59.7 Å². The van der Waals surface area contributed by atoms with Gasteiger partial charge in [0.1, 0.15) is 5.75 Å². The van der Waals surface area contributed by atoms with E-state index in [-0.39, 0.29) is 23.8 Å². The third kappa shape index (κ3) is 4.44. The second kappa shape index (κ2) is 7.90. The van der Waals surface area contributed by atoms with E-state index in [0.717, 1.165) is 11.3 Å². The number of carboxylic acids is 1. The molecule has 1 unspecified atom stereocenters. The highest BCUT2D eigenvalue weighted by molar-refractivity contribution is 5.98.